The average molecular weight is 443 g/mol. The number of nitrogens with zero attached hydrogens (tertiary/aromatic N) is 3. The number of fused-ring (bicyclic) bond motifs is 3. The maximum atomic E-state index is 13.5. The molecule has 31 heavy (non-hydrogen) atoms. The zero-order valence-electron chi connectivity index (χ0n) is 17.2. The Morgan fingerprint density at radius 1 is 1.19 bits per heavy atom. The molecular formula is C22H23FN4O3S. The molecule has 1 amide bonds. The predicted molar refractivity (Wildman–Crippen MR) is 115 cm³/mol. The Balaban J connectivity index is 1.77. The normalized spacial score (nSPS) is 15.2. The Labute approximate surface area is 180 Å². The van der Waals surface area contributed by atoms with E-state index in [1.54, 1.807) is 34.9 Å². The Bertz CT molecular complexity index is 1240. The van der Waals surface area contributed by atoms with Gasteiger partial charge in [-0.05, 0) is 42.7 Å². The summed E-state index contributed by atoms with van der Waals surface area (Å²) in [4.78, 5) is 17.4. The van der Waals surface area contributed by atoms with Crippen molar-refractivity contribution in [1.82, 2.24) is 13.9 Å². The van der Waals surface area contributed by atoms with Crippen molar-refractivity contribution >= 4 is 21.6 Å². The van der Waals surface area contributed by atoms with Crippen LogP contribution in [0.25, 0.3) is 5.69 Å². The summed E-state index contributed by atoms with van der Waals surface area (Å²) in [5.41, 5.74) is 1.31. The Morgan fingerprint density at radius 2 is 1.97 bits per heavy atom. The molecule has 1 aromatic heterocycles. The first-order valence-corrected chi connectivity index (χ1v) is 11.4. The predicted octanol–water partition coefficient (Wildman–Crippen LogP) is 3.81. The SMILES string of the molecule is CC(C)CCN1Cc2c(C(=O)Nc3cccc(F)c3)ncn2-c2ccccc2S1(=O)=O. The highest BCUT2D eigenvalue weighted by atomic mass is 32.2. The zero-order valence-corrected chi connectivity index (χ0v) is 18.1. The number of anilines is 1. The number of amides is 1. The van der Waals surface area contributed by atoms with Gasteiger partial charge in [-0.3, -0.25) is 9.36 Å². The monoisotopic (exact) mass is 442 g/mol. The zero-order chi connectivity index (χ0) is 22.2. The van der Waals surface area contributed by atoms with Gasteiger partial charge >= 0.3 is 0 Å². The lowest BCUT2D eigenvalue weighted by Gasteiger charge is -2.21. The van der Waals surface area contributed by atoms with Crippen molar-refractivity contribution < 1.29 is 17.6 Å². The molecule has 7 nitrogen and oxygen atoms in total. The second-order valence-corrected chi connectivity index (χ2v) is 9.77. The maximum Gasteiger partial charge on any atom is 0.276 e. The second kappa shape index (κ2) is 8.24. The molecule has 0 saturated heterocycles. The summed E-state index contributed by atoms with van der Waals surface area (Å²) in [5, 5.41) is 2.64. The van der Waals surface area contributed by atoms with Crippen LogP contribution in [0.3, 0.4) is 0 Å². The van der Waals surface area contributed by atoms with E-state index in [0.29, 0.717) is 36.0 Å². The number of benzene rings is 2. The van der Waals surface area contributed by atoms with E-state index < -0.39 is 21.7 Å². The molecule has 9 heteroatoms. The molecule has 0 unspecified atom stereocenters. The van der Waals surface area contributed by atoms with Crippen LogP contribution in [-0.4, -0.2) is 34.7 Å². The van der Waals surface area contributed by atoms with Crippen LogP contribution in [-0.2, 0) is 16.6 Å². The van der Waals surface area contributed by atoms with Gasteiger partial charge in [0.25, 0.3) is 5.91 Å². The van der Waals surface area contributed by atoms with Crippen molar-refractivity contribution in [2.24, 2.45) is 5.92 Å². The summed E-state index contributed by atoms with van der Waals surface area (Å²) in [6, 6.07) is 12.2. The number of aromatic nitrogens is 2. The number of hydrogen-bond acceptors (Lipinski definition) is 4. The van der Waals surface area contributed by atoms with Crippen molar-refractivity contribution in [3.63, 3.8) is 0 Å². The van der Waals surface area contributed by atoms with E-state index in [-0.39, 0.29) is 17.1 Å². The molecule has 0 saturated carbocycles. The molecule has 0 fully saturated rings. The van der Waals surface area contributed by atoms with Crippen molar-refractivity contribution in [2.75, 3.05) is 11.9 Å². The fourth-order valence-electron chi connectivity index (χ4n) is 3.55. The Kier molecular flexibility index (Phi) is 5.63. The molecule has 0 spiro atoms. The van der Waals surface area contributed by atoms with Crippen LogP contribution < -0.4 is 5.32 Å². The van der Waals surface area contributed by atoms with Crippen molar-refractivity contribution in [2.45, 2.75) is 31.7 Å². The highest BCUT2D eigenvalue weighted by Gasteiger charge is 2.34. The molecule has 4 rings (SSSR count). The van der Waals surface area contributed by atoms with E-state index in [0.717, 1.165) is 0 Å². The van der Waals surface area contributed by atoms with Crippen LogP contribution in [0.1, 0.15) is 36.5 Å². The van der Waals surface area contributed by atoms with Crippen molar-refractivity contribution in [1.29, 1.82) is 0 Å². The quantitative estimate of drug-likeness (QED) is 0.651. The van der Waals surface area contributed by atoms with Gasteiger partial charge in [0.1, 0.15) is 17.0 Å². The molecule has 1 N–H and O–H groups in total. The van der Waals surface area contributed by atoms with Gasteiger partial charge in [0.15, 0.2) is 5.69 Å². The third-order valence-electron chi connectivity index (χ3n) is 5.19. The van der Waals surface area contributed by atoms with E-state index >= 15 is 0 Å². The summed E-state index contributed by atoms with van der Waals surface area (Å²) >= 11 is 0. The molecule has 2 heterocycles. The minimum Gasteiger partial charge on any atom is -0.320 e. The van der Waals surface area contributed by atoms with E-state index in [4.69, 9.17) is 0 Å². The molecule has 2 aromatic carbocycles. The lowest BCUT2D eigenvalue weighted by molar-refractivity contribution is 0.102. The molecule has 0 radical (unpaired) electrons. The van der Waals surface area contributed by atoms with Crippen LogP contribution in [0.4, 0.5) is 10.1 Å². The van der Waals surface area contributed by atoms with E-state index in [2.05, 4.69) is 10.3 Å². The van der Waals surface area contributed by atoms with Gasteiger partial charge in [0, 0.05) is 12.2 Å². The maximum absolute atomic E-state index is 13.5. The first-order valence-electron chi connectivity index (χ1n) is 10.00. The molecule has 1 aliphatic heterocycles. The fourth-order valence-corrected chi connectivity index (χ4v) is 5.14. The molecule has 0 bridgehead atoms. The molecule has 0 atom stereocenters. The molecule has 0 aliphatic carbocycles. The number of carbonyl (C=O) groups is 1. The third kappa shape index (κ3) is 4.11. The highest BCUT2D eigenvalue weighted by Crippen LogP contribution is 2.31. The lowest BCUT2D eigenvalue weighted by atomic mass is 10.1. The van der Waals surface area contributed by atoms with Crippen LogP contribution >= 0.6 is 0 Å². The van der Waals surface area contributed by atoms with Crippen LogP contribution in [0.5, 0.6) is 0 Å². The number of imidazole rings is 1. The Hall–Kier alpha value is -3.04. The minimum absolute atomic E-state index is 0.00956. The second-order valence-electron chi connectivity index (χ2n) is 7.86. The average Bonchev–Trinajstić information content (AvgIpc) is 3.10. The van der Waals surface area contributed by atoms with Gasteiger partial charge in [0.05, 0.1) is 17.9 Å². The van der Waals surface area contributed by atoms with Gasteiger partial charge in [0.2, 0.25) is 10.0 Å². The van der Waals surface area contributed by atoms with Crippen LogP contribution in [0.2, 0.25) is 0 Å². The minimum atomic E-state index is -3.76. The number of rotatable bonds is 5. The third-order valence-corrected chi connectivity index (χ3v) is 7.08. The summed E-state index contributed by atoms with van der Waals surface area (Å²) < 4.78 is 43.3. The standard InChI is InChI=1S/C22H23FN4O3S/c1-15(2)10-11-26-13-19-21(22(28)25-17-7-5-6-16(23)12-17)24-14-27(19)18-8-3-4-9-20(18)31(26,29)30/h3-9,12,14-15H,10-11,13H2,1-2H3,(H,25,28). The van der Waals surface area contributed by atoms with Gasteiger partial charge in [-0.15, -0.1) is 0 Å². The van der Waals surface area contributed by atoms with Crippen molar-refractivity contribution in [3.8, 4) is 5.69 Å². The summed E-state index contributed by atoms with van der Waals surface area (Å²) in [6.07, 6.45) is 2.14. The molecular weight excluding hydrogens is 419 g/mol. The van der Waals surface area contributed by atoms with Gasteiger partial charge in [-0.1, -0.05) is 32.0 Å². The largest absolute Gasteiger partial charge is 0.320 e. The number of halogens is 1. The smallest absolute Gasteiger partial charge is 0.276 e. The fraction of sp³-hybridized carbons (Fsp3) is 0.273. The summed E-state index contributed by atoms with van der Waals surface area (Å²) in [7, 11) is -3.76. The summed E-state index contributed by atoms with van der Waals surface area (Å²) in [5.74, 6) is -0.685. The molecule has 162 valence electrons. The lowest BCUT2D eigenvalue weighted by Crippen LogP contribution is -2.32. The number of carbonyl (C=O) groups excluding carboxylic acids is 1. The first-order chi connectivity index (χ1) is 14.8. The first kappa shape index (κ1) is 21.2. The van der Waals surface area contributed by atoms with E-state index in [1.807, 2.05) is 13.8 Å². The van der Waals surface area contributed by atoms with Gasteiger partial charge in [-0.2, -0.15) is 4.31 Å². The number of nitrogens with one attached hydrogen (secondary N) is 1. The number of hydrogen-bond donors (Lipinski definition) is 1. The molecule has 1 aliphatic rings. The van der Waals surface area contributed by atoms with E-state index in [1.165, 1.54) is 28.8 Å². The highest BCUT2D eigenvalue weighted by molar-refractivity contribution is 7.89. The number of sulfonamides is 1. The van der Waals surface area contributed by atoms with Gasteiger partial charge in [-0.25, -0.2) is 17.8 Å². The number of para-hydroxylation sites is 1. The summed E-state index contributed by atoms with van der Waals surface area (Å²) in [6.45, 7) is 4.39. The topological polar surface area (TPSA) is 84.3 Å². The van der Waals surface area contributed by atoms with Gasteiger partial charge < -0.3 is 5.32 Å². The van der Waals surface area contributed by atoms with Crippen molar-refractivity contribution in [3.05, 3.63) is 72.1 Å². The van der Waals surface area contributed by atoms with Crippen LogP contribution in [0, 0.1) is 11.7 Å². The van der Waals surface area contributed by atoms with Crippen LogP contribution in [0.15, 0.2) is 59.8 Å². The molecule has 3 aromatic rings. The van der Waals surface area contributed by atoms with E-state index in [9.17, 15) is 17.6 Å². The Morgan fingerprint density at radius 3 is 2.71 bits per heavy atom.